The molecule has 4 aromatic rings. The minimum Gasteiger partial charge on any atom is -0.379 e. The van der Waals surface area contributed by atoms with Gasteiger partial charge in [0.25, 0.3) is 5.56 Å². The lowest BCUT2D eigenvalue weighted by Gasteiger charge is -2.29. The molecule has 13 heteroatoms. The lowest BCUT2D eigenvalue weighted by atomic mass is 9.91. The van der Waals surface area contributed by atoms with Gasteiger partial charge in [-0.2, -0.15) is 4.98 Å². The fourth-order valence-electron chi connectivity index (χ4n) is 6.26. The summed E-state index contributed by atoms with van der Waals surface area (Å²) in [6.45, 7) is 7.14. The van der Waals surface area contributed by atoms with E-state index >= 15 is 0 Å². The predicted molar refractivity (Wildman–Crippen MR) is 193 cm³/mol. The van der Waals surface area contributed by atoms with Gasteiger partial charge in [-0.1, -0.05) is 12.1 Å². The number of hydrogen-bond donors (Lipinski definition) is 1. The Bertz CT molecular complexity index is 1830. The first-order valence-corrected chi connectivity index (χ1v) is 19.1. The molecule has 11 nitrogen and oxygen atoms in total. The van der Waals surface area contributed by atoms with Gasteiger partial charge in [0.2, 0.25) is 5.95 Å². The van der Waals surface area contributed by atoms with Gasteiger partial charge in [0, 0.05) is 71.8 Å². The predicted octanol–water partition coefficient (Wildman–Crippen LogP) is 3.51. The number of benzene rings is 1. The first kappa shape index (κ1) is 33.7. The third-order valence-corrected chi connectivity index (χ3v) is 12.6. The summed E-state index contributed by atoms with van der Waals surface area (Å²) in [4.78, 5) is 34.9. The van der Waals surface area contributed by atoms with E-state index in [1.165, 1.54) is 36.3 Å². The van der Waals surface area contributed by atoms with Crippen LogP contribution in [0.5, 0.6) is 0 Å². The van der Waals surface area contributed by atoms with Crippen LogP contribution in [0.4, 0.5) is 11.6 Å². The number of nitrogens with one attached hydrogen (secondary N) is 1. The quantitative estimate of drug-likeness (QED) is 0.224. The van der Waals surface area contributed by atoms with Gasteiger partial charge in [-0.15, -0.1) is 11.3 Å². The third-order valence-electron chi connectivity index (χ3n) is 8.98. The Labute approximate surface area is 281 Å². The Morgan fingerprint density at radius 3 is 2.64 bits per heavy atom. The van der Waals surface area contributed by atoms with Crippen LogP contribution in [0.2, 0.25) is 0 Å². The number of piperidine rings is 1. The molecule has 2 saturated heterocycles. The maximum atomic E-state index is 14.1. The van der Waals surface area contributed by atoms with Crippen LogP contribution in [0.15, 0.2) is 51.7 Å². The molecule has 2 fully saturated rings. The van der Waals surface area contributed by atoms with Gasteiger partial charge < -0.3 is 19.9 Å². The Morgan fingerprint density at radius 1 is 1.11 bits per heavy atom. The number of fused-ring (bicyclic) bond motifs is 1. The van der Waals surface area contributed by atoms with Crippen molar-refractivity contribution in [3.8, 4) is 10.6 Å². The first-order chi connectivity index (χ1) is 22.6. The largest absolute Gasteiger partial charge is 0.379 e. The molecule has 0 saturated carbocycles. The lowest BCUT2D eigenvalue weighted by Crippen LogP contribution is -2.39. The van der Waals surface area contributed by atoms with Crippen molar-refractivity contribution in [2.75, 3.05) is 84.7 Å². The molecule has 0 radical (unpaired) electrons. The zero-order valence-electron chi connectivity index (χ0n) is 27.7. The average Bonchev–Trinajstić information content (AvgIpc) is 3.56. The highest BCUT2D eigenvalue weighted by molar-refractivity contribution is 8.02. The van der Waals surface area contributed by atoms with Crippen molar-refractivity contribution in [1.29, 1.82) is 0 Å². The fourth-order valence-corrected chi connectivity index (χ4v) is 9.12. The second-order valence-corrected chi connectivity index (χ2v) is 16.8. The topological polar surface area (TPSA) is 109 Å². The van der Waals surface area contributed by atoms with E-state index in [-0.39, 0.29) is 5.56 Å². The summed E-state index contributed by atoms with van der Waals surface area (Å²) in [5, 5.41) is 4.61. The van der Waals surface area contributed by atoms with Crippen molar-refractivity contribution in [2.24, 2.45) is 5.92 Å². The number of rotatable bonds is 12. The van der Waals surface area contributed by atoms with E-state index in [4.69, 9.17) is 9.72 Å². The molecule has 0 amide bonds. The maximum absolute atomic E-state index is 14.1. The van der Waals surface area contributed by atoms with Gasteiger partial charge in [-0.05, 0) is 82.5 Å². The highest BCUT2D eigenvalue weighted by Crippen LogP contribution is 2.29. The SMILES string of the molecule is C=S(=O)(CCN(C)C)c1cnc(-c2cc3cnc(Nc4ccc(CC5CCCN(C)C5)cc4)nc3n(CCN3CCOCC3)c2=O)s1. The number of thiazole rings is 1. The minimum absolute atomic E-state index is 0.183. The maximum Gasteiger partial charge on any atom is 0.262 e. The molecule has 1 N–H and O–H groups in total. The molecule has 2 aliphatic heterocycles. The molecule has 2 atom stereocenters. The Balaban J connectivity index is 1.27. The molecule has 6 rings (SSSR count). The van der Waals surface area contributed by atoms with Crippen LogP contribution in [-0.4, -0.2) is 124 Å². The average molecular weight is 679 g/mol. The summed E-state index contributed by atoms with van der Waals surface area (Å²) in [5.41, 5.74) is 3.05. The molecule has 252 valence electrons. The van der Waals surface area contributed by atoms with Gasteiger partial charge >= 0.3 is 0 Å². The molecule has 0 spiro atoms. The minimum atomic E-state index is -2.53. The molecule has 0 aliphatic carbocycles. The third kappa shape index (κ3) is 8.45. The van der Waals surface area contributed by atoms with E-state index in [9.17, 15) is 9.00 Å². The number of morpholine rings is 1. The monoisotopic (exact) mass is 678 g/mol. The number of ether oxygens (including phenoxy) is 1. The van der Waals surface area contributed by atoms with Crippen LogP contribution >= 0.6 is 11.3 Å². The van der Waals surface area contributed by atoms with Crippen molar-refractivity contribution in [3.63, 3.8) is 0 Å². The molecule has 2 unspecified atom stereocenters. The molecular weight excluding hydrogens is 633 g/mol. The van der Waals surface area contributed by atoms with E-state index in [1.54, 1.807) is 23.0 Å². The highest BCUT2D eigenvalue weighted by atomic mass is 32.2. The number of hydrogen-bond acceptors (Lipinski definition) is 11. The number of likely N-dealkylation sites (tertiary alicyclic amines) is 1. The fraction of sp³-hybridized carbons (Fsp3) is 0.500. The van der Waals surface area contributed by atoms with Crippen LogP contribution in [0.3, 0.4) is 0 Å². The van der Waals surface area contributed by atoms with E-state index in [0.717, 1.165) is 37.1 Å². The van der Waals surface area contributed by atoms with Crippen molar-refractivity contribution in [1.82, 2.24) is 34.2 Å². The second-order valence-electron chi connectivity index (χ2n) is 13.0. The van der Waals surface area contributed by atoms with Crippen LogP contribution in [0.1, 0.15) is 18.4 Å². The molecule has 1 aromatic carbocycles. The summed E-state index contributed by atoms with van der Waals surface area (Å²) >= 11 is 1.28. The summed E-state index contributed by atoms with van der Waals surface area (Å²) < 4.78 is 21.2. The lowest BCUT2D eigenvalue weighted by molar-refractivity contribution is 0.0364. The smallest absolute Gasteiger partial charge is 0.262 e. The number of anilines is 2. The second kappa shape index (κ2) is 14.9. The number of nitrogens with zero attached hydrogens (tertiary/aromatic N) is 7. The molecule has 2 aliphatic rings. The standard InChI is InChI=1S/C34H46N8O3S2/c1-39(2)16-19-47(4,44)30-23-35-32(46-30)29-21-27-22-36-34(38-31(27)42(33(29)43)13-12-41-14-17-45-18-15-41)37-28-9-7-25(8-10-28)20-26-6-5-11-40(3)24-26/h7-10,21-23,26H,4-6,11-20,24H2,1-3H3,(H,36,37,38). The normalized spacial score (nSPS) is 19.3. The Kier molecular flexibility index (Phi) is 10.7. The van der Waals surface area contributed by atoms with Gasteiger partial charge in [0.15, 0.2) is 0 Å². The van der Waals surface area contributed by atoms with E-state index in [1.807, 2.05) is 19.0 Å². The van der Waals surface area contributed by atoms with Crippen molar-refractivity contribution in [3.05, 3.63) is 58.6 Å². The molecule has 5 heterocycles. The Hall–Kier alpha value is -3.20. The highest BCUT2D eigenvalue weighted by Gasteiger charge is 2.21. The zero-order chi connectivity index (χ0) is 33.0. The van der Waals surface area contributed by atoms with Gasteiger partial charge in [-0.25, -0.2) is 9.97 Å². The van der Waals surface area contributed by atoms with Gasteiger partial charge in [0.1, 0.15) is 14.9 Å². The summed E-state index contributed by atoms with van der Waals surface area (Å²) in [6.07, 6.45) is 6.98. The number of pyridine rings is 1. The van der Waals surface area contributed by atoms with Crippen molar-refractivity contribution < 1.29 is 8.95 Å². The molecule has 3 aromatic heterocycles. The molecule has 47 heavy (non-hydrogen) atoms. The molecule has 0 bridgehead atoms. The summed E-state index contributed by atoms with van der Waals surface area (Å²) in [7, 11) is 3.56. The van der Waals surface area contributed by atoms with E-state index < -0.39 is 9.52 Å². The molecular formula is C34H46N8O3S2. The van der Waals surface area contributed by atoms with E-state index in [0.29, 0.717) is 70.9 Å². The Morgan fingerprint density at radius 2 is 1.89 bits per heavy atom. The number of aromatic nitrogens is 4. The first-order valence-electron chi connectivity index (χ1n) is 16.4. The van der Waals surface area contributed by atoms with Crippen LogP contribution in [-0.2, 0) is 27.2 Å². The van der Waals surface area contributed by atoms with Crippen LogP contribution in [0.25, 0.3) is 21.6 Å². The van der Waals surface area contributed by atoms with Gasteiger partial charge in [-0.3, -0.25) is 18.5 Å². The van der Waals surface area contributed by atoms with Crippen LogP contribution in [0, 0.1) is 5.92 Å². The van der Waals surface area contributed by atoms with Gasteiger partial charge in [0.05, 0.1) is 25.0 Å². The zero-order valence-corrected chi connectivity index (χ0v) is 29.3. The van der Waals surface area contributed by atoms with Crippen LogP contribution < -0.4 is 10.9 Å². The van der Waals surface area contributed by atoms with Crippen molar-refractivity contribution >= 4 is 49.4 Å². The van der Waals surface area contributed by atoms with Crippen molar-refractivity contribution in [2.45, 2.75) is 30.0 Å². The van der Waals surface area contributed by atoms with E-state index in [2.05, 4.69) is 62.3 Å². The summed E-state index contributed by atoms with van der Waals surface area (Å²) in [5.74, 6) is 5.56. The summed E-state index contributed by atoms with van der Waals surface area (Å²) in [6, 6.07) is 10.3.